The van der Waals surface area contributed by atoms with Crippen molar-refractivity contribution in [3.63, 3.8) is 0 Å². The number of carbonyl (C=O) groups excluding carboxylic acids is 1. The van der Waals surface area contributed by atoms with E-state index in [1.807, 2.05) is 0 Å². The van der Waals surface area contributed by atoms with Crippen molar-refractivity contribution in [1.29, 1.82) is 0 Å². The Morgan fingerprint density at radius 3 is 2.42 bits per heavy atom. The lowest BCUT2D eigenvalue weighted by atomic mass is 9.46. The molecule has 5 nitrogen and oxygen atoms in total. The highest BCUT2D eigenvalue weighted by Crippen LogP contribution is 2.67. The maximum Gasteiger partial charge on any atom is 0.178 e. The largest absolute Gasteiger partial charge is 0.393 e. The van der Waals surface area contributed by atoms with Crippen molar-refractivity contribution < 1.29 is 25.2 Å². The van der Waals surface area contributed by atoms with Gasteiger partial charge < -0.3 is 20.4 Å². The van der Waals surface area contributed by atoms with E-state index in [4.69, 9.17) is 0 Å². The molecule has 5 heteroatoms. The Hall–Kier alpha value is -1.01. The zero-order valence-corrected chi connectivity index (χ0v) is 21.2. The molecule has 0 saturated heterocycles. The Morgan fingerprint density at radius 1 is 1.12 bits per heavy atom. The van der Waals surface area contributed by atoms with Gasteiger partial charge >= 0.3 is 0 Å². The maximum absolute atomic E-state index is 12.0. The van der Waals surface area contributed by atoms with Crippen molar-refractivity contribution in [1.82, 2.24) is 0 Å². The fraction of sp³-hybridized carbons (Fsp3) is 0.821. The first-order valence-corrected chi connectivity index (χ1v) is 12.9. The van der Waals surface area contributed by atoms with Crippen LogP contribution in [0.4, 0.5) is 0 Å². The van der Waals surface area contributed by atoms with Crippen LogP contribution in [-0.2, 0) is 4.79 Å². The standard InChI is InChI=1S/C28H44O5/c1-16(23(31)15-28(6,33)25(2,3)32)19-7-8-20-24-21(10-12-27(19,20)5)26(4)11-9-18(29)13-17(26)14-22(24)30/h9,11,13,16,19-24,30-33H,7-8,10,12,14-15H2,1-6H3. The van der Waals surface area contributed by atoms with Crippen LogP contribution in [0, 0.1) is 40.4 Å². The van der Waals surface area contributed by atoms with Gasteiger partial charge in [0.15, 0.2) is 5.78 Å². The minimum Gasteiger partial charge on any atom is -0.393 e. The monoisotopic (exact) mass is 460 g/mol. The molecule has 0 aromatic carbocycles. The van der Waals surface area contributed by atoms with E-state index >= 15 is 0 Å². The van der Waals surface area contributed by atoms with Gasteiger partial charge in [0.25, 0.3) is 0 Å². The molecule has 3 saturated carbocycles. The highest BCUT2D eigenvalue weighted by atomic mass is 16.4. The van der Waals surface area contributed by atoms with Crippen LogP contribution in [0.1, 0.15) is 80.1 Å². The van der Waals surface area contributed by atoms with Crippen LogP contribution in [0.15, 0.2) is 23.8 Å². The molecule has 4 N–H and O–H groups in total. The summed E-state index contributed by atoms with van der Waals surface area (Å²) in [5.41, 5.74) is -1.73. The maximum atomic E-state index is 12.0. The van der Waals surface area contributed by atoms with Gasteiger partial charge in [0.1, 0.15) is 0 Å². The van der Waals surface area contributed by atoms with Crippen LogP contribution >= 0.6 is 0 Å². The summed E-state index contributed by atoms with van der Waals surface area (Å²) in [6, 6.07) is 0. The third-order valence-corrected chi connectivity index (χ3v) is 10.8. The molecule has 0 bridgehead atoms. The molecule has 0 aromatic rings. The molecule has 0 heterocycles. The number of allylic oxidation sites excluding steroid dienone is 3. The van der Waals surface area contributed by atoms with Gasteiger partial charge in [-0.2, -0.15) is 0 Å². The number of fused-ring (bicyclic) bond motifs is 5. The Kier molecular flexibility index (Phi) is 6.09. The van der Waals surface area contributed by atoms with Crippen molar-refractivity contribution >= 4 is 5.78 Å². The fourth-order valence-electron chi connectivity index (χ4n) is 8.19. The van der Waals surface area contributed by atoms with E-state index in [-0.39, 0.29) is 34.9 Å². The van der Waals surface area contributed by atoms with Crippen molar-refractivity contribution in [2.75, 3.05) is 0 Å². The summed E-state index contributed by atoms with van der Waals surface area (Å²) in [4.78, 5) is 12.0. The van der Waals surface area contributed by atoms with Gasteiger partial charge in [0, 0.05) is 11.8 Å². The average molecular weight is 461 g/mol. The Balaban J connectivity index is 1.56. The molecular weight excluding hydrogens is 416 g/mol. The number of aliphatic hydroxyl groups excluding tert-OH is 2. The molecule has 10 atom stereocenters. The van der Waals surface area contributed by atoms with E-state index in [0.717, 1.165) is 31.3 Å². The summed E-state index contributed by atoms with van der Waals surface area (Å²) in [6.07, 6.45) is 9.19. The second-order valence-corrected chi connectivity index (χ2v) is 12.9. The van der Waals surface area contributed by atoms with Gasteiger partial charge in [-0.1, -0.05) is 32.4 Å². The highest BCUT2D eigenvalue weighted by Gasteiger charge is 2.61. The summed E-state index contributed by atoms with van der Waals surface area (Å²) >= 11 is 0. The van der Waals surface area contributed by atoms with Crippen molar-refractivity contribution in [3.05, 3.63) is 23.8 Å². The normalized spacial score (nSPS) is 44.2. The second kappa shape index (κ2) is 8.01. The molecule has 4 aliphatic rings. The molecule has 33 heavy (non-hydrogen) atoms. The Labute approximate surface area is 199 Å². The molecule has 4 aliphatic carbocycles. The molecule has 0 aromatic heterocycles. The van der Waals surface area contributed by atoms with Crippen molar-refractivity contribution in [2.45, 2.75) is 103 Å². The third kappa shape index (κ3) is 3.87. The van der Waals surface area contributed by atoms with Gasteiger partial charge in [-0.25, -0.2) is 0 Å². The first-order chi connectivity index (χ1) is 15.1. The average Bonchev–Trinajstić information content (AvgIpc) is 3.04. The second-order valence-electron chi connectivity index (χ2n) is 12.9. The molecule has 186 valence electrons. The van der Waals surface area contributed by atoms with Gasteiger partial charge in [0.05, 0.1) is 23.4 Å². The molecule has 10 unspecified atom stereocenters. The SMILES string of the molecule is CC(C(O)CC(C)(O)C(C)(C)O)C1CCC2C3C(O)CC4=CC(=O)C=CC4(C)C3CCC12C. The molecule has 0 spiro atoms. The van der Waals surface area contributed by atoms with Crippen LogP contribution in [0.25, 0.3) is 0 Å². The number of aliphatic hydroxyl groups is 4. The lowest BCUT2D eigenvalue weighted by Gasteiger charge is -2.59. The van der Waals surface area contributed by atoms with Crippen LogP contribution < -0.4 is 0 Å². The van der Waals surface area contributed by atoms with Gasteiger partial charge in [-0.05, 0) is 100 Å². The third-order valence-electron chi connectivity index (χ3n) is 10.8. The highest BCUT2D eigenvalue weighted by molar-refractivity contribution is 6.01. The minimum absolute atomic E-state index is 0.00986. The number of carbonyl (C=O) groups is 1. The first-order valence-electron chi connectivity index (χ1n) is 12.9. The number of ketones is 1. The first kappa shape index (κ1) is 25.1. The summed E-state index contributed by atoms with van der Waals surface area (Å²) in [5, 5.41) is 43.5. The minimum atomic E-state index is -1.38. The molecular formula is C28H44O5. The van der Waals surface area contributed by atoms with E-state index in [0.29, 0.717) is 24.2 Å². The summed E-state index contributed by atoms with van der Waals surface area (Å²) in [5.74, 6) is 1.22. The molecule has 3 fully saturated rings. The van der Waals surface area contributed by atoms with Crippen molar-refractivity contribution in [2.24, 2.45) is 40.4 Å². The predicted octanol–water partition coefficient (Wildman–Crippen LogP) is 3.79. The van der Waals surface area contributed by atoms with Gasteiger partial charge in [-0.15, -0.1) is 0 Å². The predicted molar refractivity (Wildman–Crippen MR) is 128 cm³/mol. The lowest BCUT2D eigenvalue weighted by Crippen LogP contribution is -2.55. The molecule has 0 radical (unpaired) electrons. The van der Waals surface area contributed by atoms with Crippen molar-refractivity contribution in [3.8, 4) is 0 Å². The van der Waals surface area contributed by atoms with Crippen LogP contribution in [-0.4, -0.2) is 49.6 Å². The molecule has 0 amide bonds. The fourth-order valence-corrected chi connectivity index (χ4v) is 8.19. The number of hydrogen-bond acceptors (Lipinski definition) is 5. The zero-order chi connectivity index (χ0) is 24.6. The zero-order valence-electron chi connectivity index (χ0n) is 21.2. The Morgan fingerprint density at radius 2 is 1.79 bits per heavy atom. The van der Waals surface area contributed by atoms with E-state index in [2.05, 4.69) is 26.8 Å². The lowest BCUT2D eigenvalue weighted by molar-refractivity contribution is -0.149. The Bertz CT molecular complexity index is 851. The van der Waals surface area contributed by atoms with Gasteiger partial charge in [-0.3, -0.25) is 4.79 Å². The van der Waals surface area contributed by atoms with E-state index in [9.17, 15) is 25.2 Å². The summed E-state index contributed by atoms with van der Waals surface area (Å²) in [6.45, 7) is 11.4. The smallest absolute Gasteiger partial charge is 0.178 e. The number of rotatable bonds is 5. The van der Waals surface area contributed by atoms with E-state index in [1.54, 1.807) is 32.9 Å². The van der Waals surface area contributed by atoms with Crippen LogP contribution in [0.5, 0.6) is 0 Å². The quantitative estimate of drug-likeness (QED) is 0.500. The summed E-state index contributed by atoms with van der Waals surface area (Å²) in [7, 11) is 0. The van der Waals surface area contributed by atoms with Crippen LogP contribution in [0.3, 0.4) is 0 Å². The topological polar surface area (TPSA) is 98.0 Å². The summed E-state index contributed by atoms with van der Waals surface area (Å²) < 4.78 is 0. The van der Waals surface area contributed by atoms with Gasteiger partial charge in [0.2, 0.25) is 0 Å². The molecule has 0 aliphatic heterocycles. The molecule has 4 rings (SSSR count). The number of hydrogen-bond donors (Lipinski definition) is 4. The van der Waals surface area contributed by atoms with Crippen LogP contribution in [0.2, 0.25) is 0 Å². The van der Waals surface area contributed by atoms with E-state index in [1.165, 1.54) is 0 Å². The van der Waals surface area contributed by atoms with E-state index < -0.39 is 23.4 Å².